The van der Waals surface area contributed by atoms with Gasteiger partial charge in [0, 0.05) is 28.2 Å². The van der Waals surface area contributed by atoms with Crippen molar-refractivity contribution in [1.29, 1.82) is 0 Å². The van der Waals surface area contributed by atoms with Gasteiger partial charge in [0.1, 0.15) is 4.83 Å². The standard InChI is InChI=1S/C17H10ClN3OS2/c18-12(7-10-3-1-5-19-8-10)15-20-16(22)14-11(9-24-17(14)21-15)13-4-2-6-23-13/h1-9H,(H,20,21,22). The van der Waals surface area contributed by atoms with E-state index in [2.05, 4.69) is 15.0 Å². The van der Waals surface area contributed by atoms with Crippen molar-refractivity contribution in [1.82, 2.24) is 15.0 Å². The summed E-state index contributed by atoms with van der Waals surface area (Å²) in [6.07, 6.45) is 5.11. The fourth-order valence-electron chi connectivity index (χ4n) is 2.35. The largest absolute Gasteiger partial charge is 0.305 e. The zero-order valence-corrected chi connectivity index (χ0v) is 14.6. The van der Waals surface area contributed by atoms with Crippen molar-refractivity contribution in [3.63, 3.8) is 0 Å². The van der Waals surface area contributed by atoms with Crippen LogP contribution < -0.4 is 5.56 Å². The van der Waals surface area contributed by atoms with E-state index in [1.165, 1.54) is 11.3 Å². The number of nitrogens with one attached hydrogen (secondary N) is 1. The van der Waals surface area contributed by atoms with Crippen LogP contribution in [0.1, 0.15) is 11.4 Å². The van der Waals surface area contributed by atoms with Crippen LogP contribution in [0.3, 0.4) is 0 Å². The highest BCUT2D eigenvalue weighted by Gasteiger charge is 2.14. The number of pyridine rings is 1. The van der Waals surface area contributed by atoms with Crippen molar-refractivity contribution in [2.75, 3.05) is 0 Å². The van der Waals surface area contributed by atoms with Gasteiger partial charge in [0.25, 0.3) is 5.56 Å². The van der Waals surface area contributed by atoms with Crippen molar-refractivity contribution < 1.29 is 0 Å². The molecule has 0 aliphatic heterocycles. The molecule has 0 bridgehead atoms. The van der Waals surface area contributed by atoms with Gasteiger partial charge in [-0.3, -0.25) is 9.78 Å². The highest BCUT2D eigenvalue weighted by molar-refractivity contribution is 7.18. The number of nitrogens with zero attached hydrogens (tertiary/aromatic N) is 2. The number of hydrogen-bond acceptors (Lipinski definition) is 5. The van der Waals surface area contributed by atoms with E-state index >= 15 is 0 Å². The topological polar surface area (TPSA) is 58.6 Å². The molecule has 0 amide bonds. The first-order valence-electron chi connectivity index (χ1n) is 7.05. The molecule has 0 saturated carbocycles. The molecule has 0 saturated heterocycles. The molecular formula is C17H10ClN3OS2. The van der Waals surface area contributed by atoms with Gasteiger partial charge in [-0.1, -0.05) is 23.7 Å². The molecule has 0 atom stereocenters. The van der Waals surface area contributed by atoms with Crippen LogP contribution >= 0.6 is 34.3 Å². The van der Waals surface area contributed by atoms with Crippen LogP contribution in [0.4, 0.5) is 0 Å². The van der Waals surface area contributed by atoms with Gasteiger partial charge in [0.15, 0.2) is 5.82 Å². The first-order valence-corrected chi connectivity index (χ1v) is 9.19. The summed E-state index contributed by atoms with van der Waals surface area (Å²) in [5, 5.41) is 4.92. The van der Waals surface area contributed by atoms with E-state index in [1.54, 1.807) is 29.8 Å². The van der Waals surface area contributed by atoms with Gasteiger partial charge < -0.3 is 4.98 Å². The van der Waals surface area contributed by atoms with Gasteiger partial charge in [-0.2, -0.15) is 0 Å². The SMILES string of the molecule is O=c1[nH]c(C(Cl)=Cc2cccnc2)nc2scc(-c3cccs3)c12. The third-order valence-corrected chi connectivity index (χ3v) is 5.50. The van der Waals surface area contributed by atoms with Crippen LogP contribution in [-0.4, -0.2) is 15.0 Å². The summed E-state index contributed by atoms with van der Waals surface area (Å²) in [7, 11) is 0. The Labute approximate surface area is 150 Å². The van der Waals surface area contributed by atoms with Crippen molar-refractivity contribution in [2.45, 2.75) is 0 Å². The lowest BCUT2D eigenvalue weighted by atomic mass is 10.2. The molecule has 0 aliphatic carbocycles. The van der Waals surface area contributed by atoms with Crippen LogP contribution in [0, 0.1) is 0 Å². The average molecular weight is 372 g/mol. The second-order valence-electron chi connectivity index (χ2n) is 5.00. The minimum absolute atomic E-state index is 0.183. The maximum Gasteiger partial charge on any atom is 0.260 e. The minimum Gasteiger partial charge on any atom is -0.305 e. The molecule has 4 rings (SSSR count). The molecule has 4 nitrogen and oxygen atoms in total. The molecule has 0 spiro atoms. The number of fused-ring (bicyclic) bond motifs is 1. The summed E-state index contributed by atoms with van der Waals surface area (Å²) in [5.74, 6) is 0.359. The molecule has 0 unspecified atom stereocenters. The Morgan fingerprint density at radius 3 is 2.92 bits per heavy atom. The van der Waals surface area contributed by atoms with E-state index in [0.29, 0.717) is 21.1 Å². The predicted octanol–water partition coefficient (Wildman–Crippen LogP) is 4.85. The minimum atomic E-state index is -0.183. The summed E-state index contributed by atoms with van der Waals surface area (Å²) in [6.45, 7) is 0. The van der Waals surface area contributed by atoms with E-state index in [-0.39, 0.29) is 5.56 Å². The van der Waals surface area contributed by atoms with Gasteiger partial charge in [0.05, 0.1) is 10.4 Å². The number of rotatable bonds is 3. The van der Waals surface area contributed by atoms with Crippen molar-refractivity contribution in [3.8, 4) is 10.4 Å². The molecule has 4 aromatic rings. The van der Waals surface area contributed by atoms with Gasteiger partial charge in [0.2, 0.25) is 0 Å². The van der Waals surface area contributed by atoms with Crippen LogP contribution in [0.15, 0.2) is 52.2 Å². The van der Waals surface area contributed by atoms with Crippen LogP contribution in [-0.2, 0) is 0 Å². The molecule has 4 aromatic heterocycles. The summed E-state index contributed by atoms with van der Waals surface area (Å²) < 4.78 is 0. The summed E-state index contributed by atoms with van der Waals surface area (Å²) in [4.78, 5) is 25.6. The first kappa shape index (κ1) is 15.3. The Balaban J connectivity index is 1.82. The third kappa shape index (κ3) is 2.80. The molecule has 118 valence electrons. The summed E-state index contributed by atoms with van der Waals surface area (Å²) >= 11 is 9.37. The van der Waals surface area contributed by atoms with Gasteiger partial charge in [-0.05, 0) is 29.2 Å². The van der Waals surface area contributed by atoms with Crippen LogP contribution in [0.25, 0.3) is 31.8 Å². The lowest BCUT2D eigenvalue weighted by molar-refractivity contribution is 1.14. The fraction of sp³-hybridized carbons (Fsp3) is 0. The van der Waals surface area contributed by atoms with Gasteiger partial charge in [-0.15, -0.1) is 22.7 Å². The molecule has 0 aliphatic rings. The summed E-state index contributed by atoms with van der Waals surface area (Å²) in [5.41, 5.74) is 1.57. The van der Waals surface area contributed by atoms with E-state index in [9.17, 15) is 4.79 Å². The maximum absolute atomic E-state index is 12.6. The lowest BCUT2D eigenvalue weighted by Gasteiger charge is -2.01. The molecule has 7 heteroatoms. The second-order valence-corrected chi connectivity index (χ2v) is 7.21. The predicted molar refractivity (Wildman–Crippen MR) is 102 cm³/mol. The first-order chi connectivity index (χ1) is 11.7. The Bertz CT molecular complexity index is 1080. The number of halogens is 1. The normalized spacial score (nSPS) is 12.0. The number of hydrogen-bond donors (Lipinski definition) is 1. The molecule has 0 aromatic carbocycles. The van der Waals surface area contributed by atoms with E-state index < -0.39 is 0 Å². The Hall–Kier alpha value is -2.28. The van der Waals surface area contributed by atoms with Crippen molar-refractivity contribution in [3.05, 3.63) is 69.2 Å². The van der Waals surface area contributed by atoms with Gasteiger partial charge in [-0.25, -0.2) is 4.98 Å². The van der Waals surface area contributed by atoms with E-state index in [1.807, 2.05) is 35.0 Å². The third-order valence-electron chi connectivity index (χ3n) is 3.43. The number of thiophene rings is 2. The molecule has 0 fully saturated rings. The fourth-order valence-corrected chi connectivity index (χ4v) is 4.33. The average Bonchev–Trinajstić information content (AvgIpc) is 3.24. The van der Waals surface area contributed by atoms with Gasteiger partial charge >= 0.3 is 0 Å². The summed E-state index contributed by atoms with van der Waals surface area (Å²) in [6, 6.07) is 7.66. The quantitative estimate of drug-likeness (QED) is 0.560. The number of aromatic amines is 1. The Morgan fingerprint density at radius 1 is 1.25 bits per heavy atom. The van der Waals surface area contributed by atoms with Crippen LogP contribution in [0.2, 0.25) is 0 Å². The second kappa shape index (κ2) is 6.32. The number of H-pyrrole nitrogens is 1. The van der Waals surface area contributed by atoms with Crippen LogP contribution in [0.5, 0.6) is 0 Å². The molecular weight excluding hydrogens is 362 g/mol. The van der Waals surface area contributed by atoms with E-state index in [0.717, 1.165) is 16.0 Å². The zero-order chi connectivity index (χ0) is 16.5. The monoisotopic (exact) mass is 371 g/mol. The number of aromatic nitrogens is 3. The maximum atomic E-state index is 12.6. The Kier molecular flexibility index (Phi) is 4.02. The van der Waals surface area contributed by atoms with E-state index in [4.69, 9.17) is 11.6 Å². The lowest BCUT2D eigenvalue weighted by Crippen LogP contribution is -2.10. The van der Waals surface area contributed by atoms with Crippen molar-refractivity contribution in [2.24, 2.45) is 0 Å². The molecule has 4 heterocycles. The highest BCUT2D eigenvalue weighted by Crippen LogP contribution is 2.34. The molecule has 24 heavy (non-hydrogen) atoms. The Morgan fingerprint density at radius 2 is 2.17 bits per heavy atom. The van der Waals surface area contributed by atoms with Crippen molar-refractivity contribution >= 4 is 55.6 Å². The smallest absolute Gasteiger partial charge is 0.260 e. The zero-order valence-electron chi connectivity index (χ0n) is 12.2. The highest BCUT2D eigenvalue weighted by atomic mass is 35.5. The molecule has 1 N–H and O–H groups in total. The molecule has 0 radical (unpaired) electrons.